The van der Waals surface area contributed by atoms with Crippen LogP contribution in [0.25, 0.3) is 0 Å². The number of likely N-dealkylation sites (tertiary alicyclic amines) is 1. The van der Waals surface area contributed by atoms with Crippen LogP contribution in [-0.2, 0) is 10.2 Å². The molecule has 2 heterocycles. The maximum atomic E-state index is 5.58. The van der Waals surface area contributed by atoms with E-state index in [1.165, 1.54) is 62.8 Å². The summed E-state index contributed by atoms with van der Waals surface area (Å²) >= 11 is 0. The van der Waals surface area contributed by atoms with Gasteiger partial charge in [-0.1, -0.05) is 55.8 Å². The van der Waals surface area contributed by atoms with E-state index in [9.17, 15) is 0 Å². The van der Waals surface area contributed by atoms with Crippen molar-refractivity contribution in [1.29, 1.82) is 0 Å². The standard InChI is InChI=1S/C26H41NO/c1-5-26(4,24-9-7-6-8-10-24)20-25(19-21(2)3)27-15-11-22(12-16-27)23-13-17-28-18-14-23/h6-10,19,22-23,25H,5,11-18,20H2,1-4H3. The molecule has 0 N–H and O–H groups in total. The number of benzene rings is 1. The first-order chi connectivity index (χ1) is 13.5. The van der Waals surface area contributed by atoms with Gasteiger partial charge in [0.15, 0.2) is 0 Å². The Balaban J connectivity index is 1.68. The summed E-state index contributed by atoms with van der Waals surface area (Å²) in [5.74, 6) is 1.82. The second-order valence-corrected chi connectivity index (χ2v) is 9.62. The van der Waals surface area contributed by atoms with E-state index in [0.717, 1.165) is 25.0 Å². The van der Waals surface area contributed by atoms with Crippen molar-refractivity contribution < 1.29 is 4.74 Å². The van der Waals surface area contributed by atoms with E-state index < -0.39 is 0 Å². The Morgan fingerprint density at radius 1 is 1.07 bits per heavy atom. The predicted octanol–water partition coefficient (Wildman–Crippen LogP) is 6.22. The third-order valence-electron chi connectivity index (χ3n) is 7.41. The van der Waals surface area contributed by atoms with Crippen LogP contribution >= 0.6 is 0 Å². The number of hydrogen-bond donors (Lipinski definition) is 0. The van der Waals surface area contributed by atoms with Crippen LogP contribution in [0.15, 0.2) is 42.0 Å². The average Bonchev–Trinajstić information content (AvgIpc) is 2.74. The van der Waals surface area contributed by atoms with E-state index in [2.05, 4.69) is 69.0 Å². The third kappa shape index (κ3) is 5.48. The first-order valence-electron chi connectivity index (χ1n) is 11.5. The van der Waals surface area contributed by atoms with Crippen LogP contribution < -0.4 is 0 Å². The van der Waals surface area contributed by atoms with Gasteiger partial charge in [-0.15, -0.1) is 0 Å². The van der Waals surface area contributed by atoms with Gasteiger partial charge in [-0.25, -0.2) is 0 Å². The maximum Gasteiger partial charge on any atom is 0.0468 e. The monoisotopic (exact) mass is 383 g/mol. The molecule has 2 unspecified atom stereocenters. The van der Waals surface area contributed by atoms with Crippen LogP contribution in [0.4, 0.5) is 0 Å². The zero-order valence-electron chi connectivity index (χ0n) is 18.6. The van der Waals surface area contributed by atoms with Crippen molar-refractivity contribution in [2.45, 2.75) is 77.7 Å². The van der Waals surface area contributed by atoms with Gasteiger partial charge in [0.25, 0.3) is 0 Å². The van der Waals surface area contributed by atoms with Gasteiger partial charge in [0.05, 0.1) is 0 Å². The second-order valence-electron chi connectivity index (χ2n) is 9.62. The number of nitrogens with zero attached hydrogens (tertiary/aromatic N) is 1. The predicted molar refractivity (Wildman–Crippen MR) is 120 cm³/mol. The van der Waals surface area contributed by atoms with E-state index in [0.29, 0.717) is 6.04 Å². The Labute approximate surface area is 173 Å². The maximum absolute atomic E-state index is 5.58. The van der Waals surface area contributed by atoms with Gasteiger partial charge in [-0.3, -0.25) is 4.90 Å². The molecule has 1 aromatic rings. The molecule has 0 aliphatic carbocycles. The molecule has 2 fully saturated rings. The highest BCUT2D eigenvalue weighted by Crippen LogP contribution is 2.37. The summed E-state index contributed by atoms with van der Waals surface area (Å²) in [4.78, 5) is 2.78. The molecule has 2 atom stereocenters. The van der Waals surface area contributed by atoms with Gasteiger partial charge in [0.2, 0.25) is 0 Å². The molecule has 2 aliphatic heterocycles. The summed E-state index contributed by atoms with van der Waals surface area (Å²) in [5.41, 5.74) is 3.17. The minimum atomic E-state index is 0.232. The van der Waals surface area contributed by atoms with E-state index in [4.69, 9.17) is 4.74 Å². The molecule has 0 aromatic heterocycles. The molecule has 28 heavy (non-hydrogen) atoms. The number of piperidine rings is 1. The summed E-state index contributed by atoms with van der Waals surface area (Å²) < 4.78 is 5.58. The molecule has 0 amide bonds. The molecule has 0 saturated carbocycles. The first kappa shape index (κ1) is 21.6. The molecule has 0 radical (unpaired) electrons. The van der Waals surface area contributed by atoms with Gasteiger partial charge in [0, 0.05) is 19.3 Å². The van der Waals surface area contributed by atoms with E-state index in [1.807, 2.05) is 0 Å². The molecule has 156 valence electrons. The topological polar surface area (TPSA) is 12.5 Å². The van der Waals surface area contributed by atoms with Crippen molar-refractivity contribution in [2.24, 2.45) is 11.8 Å². The summed E-state index contributed by atoms with van der Waals surface area (Å²) in [6.07, 6.45) is 10.2. The van der Waals surface area contributed by atoms with Crippen LogP contribution in [0.5, 0.6) is 0 Å². The van der Waals surface area contributed by atoms with Crippen LogP contribution in [0.2, 0.25) is 0 Å². The fourth-order valence-corrected chi connectivity index (χ4v) is 5.36. The molecule has 2 saturated heterocycles. The number of rotatable bonds is 7. The smallest absolute Gasteiger partial charge is 0.0468 e. The van der Waals surface area contributed by atoms with Gasteiger partial charge in [-0.2, -0.15) is 0 Å². The van der Waals surface area contributed by atoms with Crippen LogP contribution in [0.1, 0.15) is 71.8 Å². The summed E-state index contributed by atoms with van der Waals surface area (Å²) in [5, 5.41) is 0. The minimum Gasteiger partial charge on any atom is -0.381 e. The molecule has 2 nitrogen and oxygen atoms in total. The third-order valence-corrected chi connectivity index (χ3v) is 7.41. The van der Waals surface area contributed by atoms with Crippen molar-refractivity contribution in [3.63, 3.8) is 0 Å². The lowest BCUT2D eigenvalue weighted by Crippen LogP contribution is -2.45. The van der Waals surface area contributed by atoms with Crippen molar-refractivity contribution in [2.75, 3.05) is 26.3 Å². The Morgan fingerprint density at radius 2 is 1.68 bits per heavy atom. The van der Waals surface area contributed by atoms with Gasteiger partial charge in [-0.05, 0) is 88.3 Å². The zero-order valence-corrected chi connectivity index (χ0v) is 18.6. The van der Waals surface area contributed by atoms with Crippen molar-refractivity contribution in [1.82, 2.24) is 4.90 Å². The van der Waals surface area contributed by atoms with Crippen LogP contribution in [0, 0.1) is 11.8 Å². The summed E-state index contributed by atoms with van der Waals surface area (Å²) in [7, 11) is 0. The number of allylic oxidation sites excluding steroid dienone is 1. The molecular weight excluding hydrogens is 342 g/mol. The van der Waals surface area contributed by atoms with E-state index in [-0.39, 0.29) is 5.41 Å². The highest BCUT2D eigenvalue weighted by molar-refractivity contribution is 5.25. The summed E-state index contributed by atoms with van der Waals surface area (Å²) in [6, 6.07) is 11.7. The first-order valence-corrected chi connectivity index (χ1v) is 11.5. The van der Waals surface area contributed by atoms with Crippen molar-refractivity contribution >= 4 is 0 Å². The van der Waals surface area contributed by atoms with Gasteiger partial charge in [0.1, 0.15) is 0 Å². The zero-order chi connectivity index (χ0) is 20.0. The highest BCUT2D eigenvalue weighted by Gasteiger charge is 2.34. The van der Waals surface area contributed by atoms with E-state index >= 15 is 0 Å². The molecular formula is C26H41NO. The van der Waals surface area contributed by atoms with Gasteiger partial charge < -0.3 is 4.74 Å². The molecule has 2 aliphatic rings. The Hall–Kier alpha value is -1.12. The average molecular weight is 384 g/mol. The highest BCUT2D eigenvalue weighted by atomic mass is 16.5. The molecule has 2 heteroatoms. The molecule has 0 spiro atoms. The largest absolute Gasteiger partial charge is 0.381 e. The normalized spacial score (nSPS) is 23.1. The lowest BCUT2D eigenvalue weighted by molar-refractivity contribution is 0.0258. The second kappa shape index (κ2) is 10.1. The Kier molecular flexibility index (Phi) is 7.77. The number of ether oxygens (including phenoxy) is 1. The van der Waals surface area contributed by atoms with Crippen molar-refractivity contribution in [3.05, 3.63) is 47.5 Å². The summed E-state index contributed by atoms with van der Waals surface area (Å²) in [6.45, 7) is 13.8. The van der Waals surface area contributed by atoms with Crippen molar-refractivity contribution in [3.8, 4) is 0 Å². The minimum absolute atomic E-state index is 0.232. The SMILES string of the molecule is CCC(C)(CC(C=C(C)C)N1CCC(C2CCOCC2)CC1)c1ccccc1. The number of hydrogen-bond acceptors (Lipinski definition) is 2. The fourth-order valence-electron chi connectivity index (χ4n) is 5.36. The van der Waals surface area contributed by atoms with Crippen LogP contribution in [0.3, 0.4) is 0 Å². The molecule has 0 bridgehead atoms. The molecule has 3 rings (SSSR count). The van der Waals surface area contributed by atoms with Crippen LogP contribution in [-0.4, -0.2) is 37.2 Å². The lowest BCUT2D eigenvalue weighted by Gasteiger charge is -2.43. The lowest BCUT2D eigenvalue weighted by atomic mass is 9.74. The fraction of sp³-hybridized carbons (Fsp3) is 0.692. The molecule has 1 aromatic carbocycles. The Morgan fingerprint density at radius 3 is 2.25 bits per heavy atom. The quantitative estimate of drug-likeness (QED) is 0.518. The van der Waals surface area contributed by atoms with Gasteiger partial charge >= 0.3 is 0 Å². The Bertz CT molecular complexity index is 607. The van der Waals surface area contributed by atoms with E-state index in [1.54, 1.807) is 0 Å².